The van der Waals surface area contributed by atoms with Gasteiger partial charge in [-0.3, -0.25) is 0 Å². The van der Waals surface area contributed by atoms with Gasteiger partial charge in [0, 0.05) is 12.0 Å². The Kier molecular flexibility index (Phi) is 1.65. The fourth-order valence-corrected chi connectivity index (χ4v) is 1.84. The molecule has 1 aliphatic carbocycles. The molecule has 0 saturated heterocycles. The van der Waals surface area contributed by atoms with Crippen LogP contribution in [0.15, 0.2) is 0 Å². The summed E-state index contributed by atoms with van der Waals surface area (Å²) in [5, 5.41) is 4.09. The first-order chi connectivity index (χ1) is 5.29. The third-order valence-electron chi connectivity index (χ3n) is 1.92. The summed E-state index contributed by atoms with van der Waals surface area (Å²) in [7, 11) is 0. The molecule has 0 spiro atoms. The molecule has 3 nitrogen and oxygen atoms in total. The SMILES string of the molecule is CC(N)c1snnc1C1CC1. The quantitative estimate of drug-likeness (QED) is 0.728. The van der Waals surface area contributed by atoms with Crippen LogP contribution in [0.3, 0.4) is 0 Å². The van der Waals surface area contributed by atoms with E-state index >= 15 is 0 Å². The van der Waals surface area contributed by atoms with E-state index in [1.807, 2.05) is 6.92 Å². The molecule has 1 heterocycles. The summed E-state index contributed by atoms with van der Waals surface area (Å²) in [5.74, 6) is 0.676. The highest BCUT2D eigenvalue weighted by Crippen LogP contribution is 2.42. The highest BCUT2D eigenvalue weighted by atomic mass is 32.1. The van der Waals surface area contributed by atoms with Crippen molar-refractivity contribution in [3.8, 4) is 0 Å². The van der Waals surface area contributed by atoms with Crippen LogP contribution in [0.5, 0.6) is 0 Å². The Bertz CT molecular complexity index is 235. The van der Waals surface area contributed by atoms with Crippen molar-refractivity contribution < 1.29 is 0 Å². The molecule has 0 aromatic carbocycles. The van der Waals surface area contributed by atoms with Gasteiger partial charge in [0.05, 0.1) is 10.6 Å². The Balaban J connectivity index is 2.30. The van der Waals surface area contributed by atoms with E-state index in [0.717, 1.165) is 5.69 Å². The van der Waals surface area contributed by atoms with E-state index in [2.05, 4.69) is 9.59 Å². The molecular weight excluding hydrogens is 158 g/mol. The molecule has 1 saturated carbocycles. The molecule has 1 atom stereocenters. The van der Waals surface area contributed by atoms with E-state index in [0.29, 0.717) is 5.92 Å². The second-order valence-corrected chi connectivity index (χ2v) is 3.87. The van der Waals surface area contributed by atoms with E-state index in [-0.39, 0.29) is 6.04 Å². The van der Waals surface area contributed by atoms with Crippen LogP contribution in [0, 0.1) is 0 Å². The minimum atomic E-state index is 0.102. The van der Waals surface area contributed by atoms with Crippen LogP contribution in [0.25, 0.3) is 0 Å². The fraction of sp³-hybridized carbons (Fsp3) is 0.714. The van der Waals surface area contributed by atoms with Crippen LogP contribution in [0.4, 0.5) is 0 Å². The van der Waals surface area contributed by atoms with Gasteiger partial charge >= 0.3 is 0 Å². The van der Waals surface area contributed by atoms with Crippen LogP contribution in [-0.2, 0) is 0 Å². The van der Waals surface area contributed by atoms with Crippen LogP contribution in [0.2, 0.25) is 0 Å². The van der Waals surface area contributed by atoms with Gasteiger partial charge in [0.1, 0.15) is 0 Å². The standard InChI is InChI=1S/C7H11N3S/c1-4(8)7-6(5-2-3-5)9-10-11-7/h4-5H,2-3,8H2,1H3. The van der Waals surface area contributed by atoms with Gasteiger partial charge < -0.3 is 5.73 Å². The summed E-state index contributed by atoms with van der Waals surface area (Å²) >= 11 is 1.44. The van der Waals surface area contributed by atoms with Crippen LogP contribution < -0.4 is 5.73 Å². The third-order valence-corrected chi connectivity index (χ3v) is 2.86. The van der Waals surface area contributed by atoms with Gasteiger partial charge in [-0.25, -0.2) is 0 Å². The zero-order valence-electron chi connectivity index (χ0n) is 6.45. The molecular formula is C7H11N3S. The molecule has 0 amide bonds. The van der Waals surface area contributed by atoms with E-state index in [1.165, 1.54) is 29.3 Å². The molecule has 0 bridgehead atoms. The maximum atomic E-state index is 5.75. The van der Waals surface area contributed by atoms with E-state index in [1.54, 1.807) is 0 Å². The lowest BCUT2D eigenvalue weighted by Gasteiger charge is -2.01. The van der Waals surface area contributed by atoms with Gasteiger partial charge in [0.15, 0.2) is 0 Å². The number of aromatic nitrogens is 2. The molecule has 2 N–H and O–H groups in total. The molecule has 2 rings (SSSR count). The van der Waals surface area contributed by atoms with Crippen molar-refractivity contribution in [2.45, 2.75) is 31.7 Å². The van der Waals surface area contributed by atoms with Gasteiger partial charge in [0.2, 0.25) is 0 Å². The van der Waals surface area contributed by atoms with Crippen molar-refractivity contribution in [1.82, 2.24) is 9.59 Å². The van der Waals surface area contributed by atoms with Gasteiger partial charge in [-0.15, -0.1) is 5.10 Å². The Labute approximate surface area is 69.8 Å². The first kappa shape index (κ1) is 7.18. The normalized spacial score (nSPS) is 20.2. The monoisotopic (exact) mass is 169 g/mol. The molecule has 4 heteroatoms. The van der Waals surface area contributed by atoms with Crippen molar-refractivity contribution in [2.75, 3.05) is 0 Å². The molecule has 60 valence electrons. The van der Waals surface area contributed by atoms with Crippen molar-refractivity contribution in [3.05, 3.63) is 10.6 Å². The summed E-state index contributed by atoms with van der Waals surface area (Å²) in [4.78, 5) is 1.17. The number of nitrogens with two attached hydrogens (primary N) is 1. The number of rotatable bonds is 2. The lowest BCUT2D eigenvalue weighted by Crippen LogP contribution is -2.05. The molecule has 1 aromatic heterocycles. The van der Waals surface area contributed by atoms with Gasteiger partial charge in [0.25, 0.3) is 0 Å². The smallest absolute Gasteiger partial charge is 0.0834 e. The zero-order chi connectivity index (χ0) is 7.84. The highest BCUT2D eigenvalue weighted by molar-refractivity contribution is 7.05. The lowest BCUT2D eigenvalue weighted by molar-refractivity contribution is 0.807. The third kappa shape index (κ3) is 1.28. The molecule has 1 aliphatic rings. The second kappa shape index (κ2) is 2.53. The maximum absolute atomic E-state index is 5.75. The van der Waals surface area contributed by atoms with E-state index in [9.17, 15) is 0 Å². The zero-order valence-corrected chi connectivity index (χ0v) is 7.27. The van der Waals surface area contributed by atoms with Crippen LogP contribution >= 0.6 is 11.5 Å². The number of hydrogen-bond donors (Lipinski definition) is 1. The predicted octanol–water partition coefficient (Wildman–Crippen LogP) is 1.44. The van der Waals surface area contributed by atoms with Crippen LogP contribution in [0.1, 0.15) is 42.3 Å². The highest BCUT2D eigenvalue weighted by Gasteiger charge is 2.29. The fourth-order valence-electron chi connectivity index (χ4n) is 1.16. The summed E-state index contributed by atoms with van der Waals surface area (Å²) in [6.45, 7) is 1.99. The second-order valence-electron chi connectivity index (χ2n) is 3.09. The van der Waals surface area contributed by atoms with Crippen molar-refractivity contribution in [3.63, 3.8) is 0 Å². The van der Waals surface area contributed by atoms with Crippen molar-refractivity contribution >= 4 is 11.5 Å². The van der Waals surface area contributed by atoms with Crippen molar-refractivity contribution in [2.24, 2.45) is 5.73 Å². The summed E-state index contributed by atoms with van der Waals surface area (Å²) in [5.41, 5.74) is 6.91. The van der Waals surface area contributed by atoms with Crippen molar-refractivity contribution in [1.29, 1.82) is 0 Å². The Hall–Kier alpha value is -0.480. The van der Waals surface area contributed by atoms with Crippen LogP contribution in [-0.4, -0.2) is 9.59 Å². The minimum absolute atomic E-state index is 0.102. The molecule has 1 fully saturated rings. The van der Waals surface area contributed by atoms with Gasteiger partial charge in [-0.05, 0) is 31.3 Å². The molecule has 0 radical (unpaired) electrons. The largest absolute Gasteiger partial charge is 0.323 e. The average Bonchev–Trinajstić information content (AvgIpc) is 2.68. The Morgan fingerprint density at radius 1 is 1.64 bits per heavy atom. The maximum Gasteiger partial charge on any atom is 0.0834 e. The molecule has 0 aliphatic heterocycles. The molecule has 1 aromatic rings. The topological polar surface area (TPSA) is 51.8 Å². The predicted molar refractivity (Wildman–Crippen MR) is 44.5 cm³/mol. The van der Waals surface area contributed by atoms with E-state index < -0.39 is 0 Å². The first-order valence-electron chi connectivity index (χ1n) is 3.86. The first-order valence-corrected chi connectivity index (χ1v) is 4.64. The summed E-state index contributed by atoms with van der Waals surface area (Å²) < 4.78 is 3.92. The number of hydrogen-bond acceptors (Lipinski definition) is 4. The van der Waals surface area contributed by atoms with Gasteiger partial charge in [-0.1, -0.05) is 4.49 Å². The Morgan fingerprint density at radius 2 is 2.36 bits per heavy atom. The summed E-state index contributed by atoms with van der Waals surface area (Å²) in [6, 6.07) is 0.102. The average molecular weight is 169 g/mol. The lowest BCUT2D eigenvalue weighted by atomic mass is 10.2. The van der Waals surface area contributed by atoms with E-state index in [4.69, 9.17) is 5.73 Å². The number of nitrogens with zero attached hydrogens (tertiary/aromatic N) is 2. The molecule has 11 heavy (non-hydrogen) atoms. The summed E-state index contributed by atoms with van der Waals surface area (Å²) in [6.07, 6.45) is 2.54. The molecule has 1 unspecified atom stereocenters. The van der Waals surface area contributed by atoms with Gasteiger partial charge in [-0.2, -0.15) is 0 Å². The minimum Gasteiger partial charge on any atom is -0.323 e. The Morgan fingerprint density at radius 3 is 2.91 bits per heavy atom.